The second-order valence-corrected chi connectivity index (χ2v) is 7.51. The van der Waals surface area contributed by atoms with E-state index in [1.807, 2.05) is 27.7 Å². The first kappa shape index (κ1) is 22.0. The Morgan fingerprint density at radius 3 is 2.04 bits per heavy atom. The molecular formula is C22H41N. The van der Waals surface area contributed by atoms with Crippen molar-refractivity contribution < 1.29 is 0 Å². The van der Waals surface area contributed by atoms with E-state index in [0.29, 0.717) is 5.41 Å². The summed E-state index contributed by atoms with van der Waals surface area (Å²) in [4.78, 5) is 2.64. The van der Waals surface area contributed by atoms with Crippen LogP contribution < -0.4 is 4.90 Å². The molecule has 0 saturated carbocycles. The standard InChI is InChI=1S/C13H17N.C5H12.2C2H6/c1-2-7-13-11(5-1)8-9-12-6-3-4-10-14(12)13;1-5(2,3)4;2*1-2/h1-2,5,7,12H,3-4,6,8-10H2;1-4H3;2*1-2H3. The van der Waals surface area contributed by atoms with Gasteiger partial charge in [0, 0.05) is 18.3 Å². The topological polar surface area (TPSA) is 3.24 Å². The van der Waals surface area contributed by atoms with Gasteiger partial charge in [-0.15, -0.1) is 0 Å². The summed E-state index contributed by atoms with van der Waals surface area (Å²) in [5, 5.41) is 0. The Labute approximate surface area is 146 Å². The average Bonchev–Trinajstić information content (AvgIpc) is 2.57. The Balaban J connectivity index is 0.000000461. The van der Waals surface area contributed by atoms with Gasteiger partial charge in [0.1, 0.15) is 0 Å². The van der Waals surface area contributed by atoms with E-state index in [2.05, 4.69) is 56.9 Å². The Hall–Kier alpha value is -0.980. The summed E-state index contributed by atoms with van der Waals surface area (Å²) < 4.78 is 0. The number of nitrogens with zero attached hydrogens (tertiary/aromatic N) is 1. The van der Waals surface area contributed by atoms with Crippen molar-refractivity contribution in [3.63, 3.8) is 0 Å². The van der Waals surface area contributed by atoms with Crippen molar-refractivity contribution in [2.24, 2.45) is 5.41 Å². The molecule has 1 nitrogen and oxygen atoms in total. The quantitative estimate of drug-likeness (QED) is 0.493. The lowest BCUT2D eigenvalue weighted by molar-refractivity contribution is 0.424. The number of aryl methyl sites for hydroxylation is 1. The van der Waals surface area contributed by atoms with Crippen molar-refractivity contribution in [3.8, 4) is 0 Å². The largest absolute Gasteiger partial charge is 0.368 e. The summed E-state index contributed by atoms with van der Waals surface area (Å²) in [6.45, 7) is 18.0. The molecule has 1 saturated heterocycles. The molecule has 134 valence electrons. The summed E-state index contributed by atoms with van der Waals surface area (Å²) in [5.41, 5.74) is 3.58. The second kappa shape index (κ2) is 11.5. The van der Waals surface area contributed by atoms with Crippen LogP contribution in [0.15, 0.2) is 24.3 Å². The highest BCUT2D eigenvalue weighted by atomic mass is 15.2. The Kier molecular flexibility index (Phi) is 11.0. The number of para-hydroxylation sites is 1. The first-order valence-corrected chi connectivity index (χ1v) is 9.80. The fraction of sp³-hybridized carbons (Fsp3) is 0.727. The molecule has 3 rings (SSSR count). The molecule has 2 heterocycles. The summed E-state index contributed by atoms with van der Waals surface area (Å²) in [6, 6.07) is 9.78. The number of rotatable bonds is 0. The molecule has 23 heavy (non-hydrogen) atoms. The summed E-state index contributed by atoms with van der Waals surface area (Å²) in [7, 11) is 0. The molecular weight excluding hydrogens is 278 g/mol. The highest BCUT2D eigenvalue weighted by Crippen LogP contribution is 2.34. The predicted octanol–water partition coefficient (Wildman–Crippen LogP) is 7.10. The fourth-order valence-corrected chi connectivity index (χ4v) is 2.94. The van der Waals surface area contributed by atoms with E-state index in [9.17, 15) is 0 Å². The molecule has 2 aliphatic rings. The van der Waals surface area contributed by atoms with E-state index in [0.717, 1.165) is 6.04 Å². The van der Waals surface area contributed by atoms with Crippen LogP contribution in [0.5, 0.6) is 0 Å². The molecule has 0 amide bonds. The van der Waals surface area contributed by atoms with Crippen LogP contribution >= 0.6 is 0 Å². The Morgan fingerprint density at radius 1 is 0.870 bits per heavy atom. The van der Waals surface area contributed by atoms with Crippen molar-refractivity contribution in [1.82, 2.24) is 0 Å². The van der Waals surface area contributed by atoms with Gasteiger partial charge in [0.05, 0.1) is 0 Å². The zero-order chi connectivity index (χ0) is 17.9. The van der Waals surface area contributed by atoms with Crippen LogP contribution in [0.25, 0.3) is 0 Å². The lowest BCUT2D eigenvalue weighted by Crippen LogP contribution is -2.42. The maximum atomic E-state index is 2.64. The lowest BCUT2D eigenvalue weighted by atomic mass is 9.90. The summed E-state index contributed by atoms with van der Waals surface area (Å²) in [5.74, 6) is 0. The minimum Gasteiger partial charge on any atom is -0.368 e. The molecule has 1 aromatic carbocycles. The van der Waals surface area contributed by atoms with Crippen LogP contribution in [-0.4, -0.2) is 12.6 Å². The number of piperidine rings is 1. The minimum atomic E-state index is 0.500. The zero-order valence-electron chi connectivity index (χ0n) is 17.1. The van der Waals surface area contributed by atoms with Gasteiger partial charge in [-0.2, -0.15) is 0 Å². The van der Waals surface area contributed by atoms with Gasteiger partial charge in [0.15, 0.2) is 0 Å². The maximum absolute atomic E-state index is 2.64. The maximum Gasteiger partial charge on any atom is 0.0401 e. The Morgan fingerprint density at radius 2 is 1.43 bits per heavy atom. The van der Waals surface area contributed by atoms with Gasteiger partial charge in [-0.1, -0.05) is 73.6 Å². The van der Waals surface area contributed by atoms with Gasteiger partial charge in [-0.25, -0.2) is 0 Å². The van der Waals surface area contributed by atoms with Gasteiger partial charge < -0.3 is 4.90 Å². The third-order valence-electron chi connectivity index (χ3n) is 3.68. The molecule has 0 aliphatic carbocycles. The number of hydrogen-bond acceptors (Lipinski definition) is 1. The van der Waals surface area contributed by atoms with E-state index in [4.69, 9.17) is 0 Å². The van der Waals surface area contributed by atoms with Gasteiger partial charge in [-0.3, -0.25) is 0 Å². The van der Waals surface area contributed by atoms with E-state index < -0.39 is 0 Å². The summed E-state index contributed by atoms with van der Waals surface area (Å²) in [6.07, 6.45) is 6.89. The summed E-state index contributed by atoms with van der Waals surface area (Å²) >= 11 is 0. The van der Waals surface area contributed by atoms with Crippen LogP contribution in [0, 0.1) is 5.41 Å². The first-order chi connectivity index (χ1) is 10.9. The Bertz CT molecular complexity index is 397. The van der Waals surface area contributed by atoms with Crippen molar-refractivity contribution in [3.05, 3.63) is 29.8 Å². The third kappa shape index (κ3) is 8.44. The zero-order valence-corrected chi connectivity index (χ0v) is 17.1. The highest BCUT2D eigenvalue weighted by Gasteiger charge is 2.27. The molecule has 1 atom stereocenters. The molecule has 1 aromatic rings. The number of hydrogen-bond donors (Lipinski definition) is 0. The predicted molar refractivity (Wildman–Crippen MR) is 108 cm³/mol. The molecule has 0 aromatic heterocycles. The van der Waals surface area contributed by atoms with Gasteiger partial charge in [-0.05, 0) is 49.1 Å². The average molecular weight is 320 g/mol. The van der Waals surface area contributed by atoms with Crippen molar-refractivity contribution in [1.29, 1.82) is 0 Å². The monoisotopic (exact) mass is 319 g/mol. The van der Waals surface area contributed by atoms with Crippen LogP contribution in [0.2, 0.25) is 0 Å². The first-order valence-electron chi connectivity index (χ1n) is 9.80. The van der Waals surface area contributed by atoms with Gasteiger partial charge in [0.25, 0.3) is 0 Å². The van der Waals surface area contributed by atoms with E-state index >= 15 is 0 Å². The molecule has 0 bridgehead atoms. The third-order valence-corrected chi connectivity index (χ3v) is 3.68. The molecule has 1 heteroatoms. The number of fused-ring (bicyclic) bond motifs is 3. The molecule has 0 radical (unpaired) electrons. The fourth-order valence-electron chi connectivity index (χ4n) is 2.94. The molecule has 2 aliphatic heterocycles. The smallest absolute Gasteiger partial charge is 0.0401 e. The van der Waals surface area contributed by atoms with Crippen molar-refractivity contribution in [2.75, 3.05) is 11.4 Å². The minimum absolute atomic E-state index is 0.500. The van der Waals surface area contributed by atoms with Crippen molar-refractivity contribution >= 4 is 5.69 Å². The molecule has 0 N–H and O–H groups in total. The molecule has 1 unspecified atom stereocenters. The van der Waals surface area contributed by atoms with Crippen LogP contribution in [0.1, 0.15) is 86.6 Å². The second-order valence-electron chi connectivity index (χ2n) is 7.51. The van der Waals surface area contributed by atoms with E-state index in [-0.39, 0.29) is 0 Å². The van der Waals surface area contributed by atoms with Crippen LogP contribution in [0.3, 0.4) is 0 Å². The lowest BCUT2D eigenvalue weighted by Gasteiger charge is -2.42. The normalized spacial score (nSPS) is 18.6. The van der Waals surface area contributed by atoms with E-state index in [1.165, 1.54) is 44.3 Å². The number of benzene rings is 1. The SMILES string of the molecule is CC.CC.CC(C)(C)C.c1ccc2c(c1)CCC1CCCCN21. The molecule has 0 spiro atoms. The van der Waals surface area contributed by atoms with Gasteiger partial charge >= 0.3 is 0 Å². The van der Waals surface area contributed by atoms with Gasteiger partial charge in [0.2, 0.25) is 0 Å². The van der Waals surface area contributed by atoms with Crippen molar-refractivity contribution in [2.45, 2.75) is 93.5 Å². The van der Waals surface area contributed by atoms with E-state index in [1.54, 1.807) is 5.56 Å². The molecule has 1 fully saturated rings. The van der Waals surface area contributed by atoms with Crippen LogP contribution in [0.4, 0.5) is 5.69 Å². The highest BCUT2D eigenvalue weighted by molar-refractivity contribution is 5.56. The van der Waals surface area contributed by atoms with Crippen LogP contribution in [-0.2, 0) is 6.42 Å². The number of anilines is 1.